The molecule has 24 heavy (non-hydrogen) atoms. The molecule has 0 saturated carbocycles. The third-order valence-electron chi connectivity index (χ3n) is 4.53. The van der Waals surface area contributed by atoms with E-state index in [2.05, 4.69) is 10.4 Å². The normalized spacial score (nSPS) is 14.9. The number of piperidine rings is 1. The minimum absolute atomic E-state index is 0. The summed E-state index contributed by atoms with van der Waals surface area (Å²) in [6.07, 6.45) is 7.24. The molecule has 1 aromatic heterocycles. The number of benzene rings is 1. The van der Waals surface area contributed by atoms with Gasteiger partial charge in [0.05, 0.1) is 11.9 Å². The van der Waals surface area contributed by atoms with Gasteiger partial charge in [-0.05, 0) is 50.0 Å². The van der Waals surface area contributed by atoms with E-state index in [9.17, 15) is 4.79 Å². The summed E-state index contributed by atoms with van der Waals surface area (Å²) < 4.78 is 1.86. The van der Waals surface area contributed by atoms with Crippen LogP contribution in [0.1, 0.15) is 24.8 Å². The fourth-order valence-corrected chi connectivity index (χ4v) is 3.04. The first-order valence-electron chi connectivity index (χ1n) is 8.29. The fourth-order valence-electron chi connectivity index (χ4n) is 3.04. The van der Waals surface area contributed by atoms with E-state index in [1.807, 2.05) is 59.4 Å². The van der Waals surface area contributed by atoms with Gasteiger partial charge in [-0.15, -0.1) is 12.4 Å². The summed E-state index contributed by atoms with van der Waals surface area (Å²) in [7, 11) is 1.94. The Morgan fingerprint density at radius 1 is 1.29 bits per heavy atom. The molecule has 1 saturated heterocycles. The largest absolute Gasteiger partial charge is 0.343 e. The van der Waals surface area contributed by atoms with Crippen molar-refractivity contribution in [2.24, 2.45) is 0 Å². The van der Waals surface area contributed by atoms with Crippen molar-refractivity contribution < 1.29 is 4.79 Å². The van der Waals surface area contributed by atoms with Crippen LogP contribution in [0.15, 0.2) is 42.7 Å². The first-order valence-corrected chi connectivity index (χ1v) is 8.29. The van der Waals surface area contributed by atoms with Crippen LogP contribution in [-0.2, 0) is 11.2 Å². The van der Waals surface area contributed by atoms with Gasteiger partial charge in [0.15, 0.2) is 0 Å². The van der Waals surface area contributed by atoms with Gasteiger partial charge in [0.25, 0.3) is 0 Å². The topological polar surface area (TPSA) is 50.2 Å². The number of rotatable bonds is 5. The zero-order valence-corrected chi connectivity index (χ0v) is 14.8. The molecule has 2 aromatic rings. The van der Waals surface area contributed by atoms with Gasteiger partial charge in [-0.25, -0.2) is 4.68 Å². The average Bonchev–Trinajstić information content (AvgIpc) is 3.09. The van der Waals surface area contributed by atoms with Crippen LogP contribution in [0.4, 0.5) is 0 Å². The molecule has 1 N–H and O–H groups in total. The number of aromatic nitrogens is 2. The Hall–Kier alpha value is -1.85. The first-order chi connectivity index (χ1) is 11.2. The summed E-state index contributed by atoms with van der Waals surface area (Å²) in [5.41, 5.74) is 2.14. The monoisotopic (exact) mass is 348 g/mol. The predicted molar refractivity (Wildman–Crippen MR) is 97.8 cm³/mol. The number of para-hydroxylation sites is 1. The van der Waals surface area contributed by atoms with Crippen molar-refractivity contribution in [2.45, 2.75) is 31.7 Å². The van der Waals surface area contributed by atoms with Gasteiger partial charge >= 0.3 is 0 Å². The van der Waals surface area contributed by atoms with Crippen LogP contribution in [0.25, 0.3) is 5.69 Å². The summed E-state index contributed by atoms with van der Waals surface area (Å²) in [5, 5.41) is 7.72. The zero-order chi connectivity index (χ0) is 16.1. The number of nitrogens with one attached hydrogen (secondary N) is 1. The van der Waals surface area contributed by atoms with Crippen LogP contribution < -0.4 is 5.32 Å². The number of nitrogens with zero attached hydrogens (tertiary/aromatic N) is 3. The molecule has 2 heterocycles. The second kappa shape index (κ2) is 8.85. The predicted octanol–water partition coefficient (Wildman–Crippen LogP) is 2.44. The summed E-state index contributed by atoms with van der Waals surface area (Å²) in [6, 6.07) is 10.4. The maximum absolute atomic E-state index is 12.4. The molecule has 1 aliphatic heterocycles. The van der Waals surface area contributed by atoms with E-state index in [4.69, 9.17) is 0 Å². The van der Waals surface area contributed by atoms with Gasteiger partial charge in [0, 0.05) is 25.7 Å². The molecule has 1 aliphatic rings. The second-order valence-corrected chi connectivity index (χ2v) is 6.11. The van der Waals surface area contributed by atoms with Crippen molar-refractivity contribution in [3.8, 4) is 5.69 Å². The van der Waals surface area contributed by atoms with Gasteiger partial charge in [-0.3, -0.25) is 4.79 Å². The summed E-state index contributed by atoms with van der Waals surface area (Å²) in [6.45, 7) is 2.01. The fraction of sp³-hybridized carbons (Fsp3) is 0.444. The number of hydrogen-bond acceptors (Lipinski definition) is 3. The second-order valence-electron chi connectivity index (χ2n) is 6.11. The highest BCUT2D eigenvalue weighted by Crippen LogP contribution is 2.13. The number of carbonyl (C=O) groups excluding carboxylic acids is 1. The molecule has 1 aromatic carbocycles. The number of hydrogen-bond donors (Lipinski definition) is 1. The summed E-state index contributed by atoms with van der Waals surface area (Å²) in [4.78, 5) is 14.3. The zero-order valence-electron chi connectivity index (χ0n) is 14.0. The van der Waals surface area contributed by atoms with Crippen LogP contribution in [0.3, 0.4) is 0 Å². The summed E-state index contributed by atoms with van der Waals surface area (Å²) >= 11 is 0. The minimum Gasteiger partial charge on any atom is -0.343 e. The van der Waals surface area contributed by atoms with Gasteiger partial charge in [-0.2, -0.15) is 5.10 Å². The van der Waals surface area contributed by atoms with Gasteiger partial charge in [0.1, 0.15) is 0 Å². The lowest BCUT2D eigenvalue weighted by Gasteiger charge is -2.31. The van der Waals surface area contributed by atoms with Gasteiger partial charge < -0.3 is 10.2 Å². The van der Waals surface area contributed by atoms with E-state index >= 15 is 0 Å². The Balaban J connectivity index is 0.00000208. The molecule has 0 atom stereocenters. The Labute approximate surface area is 149 Å². The lowest BCUT2D eigenvalue weighted by atomic mass is 10.0. The molecule has 0 aliphatic carbocycles. The molecule has 5 nitrogen and oxygen atoms in total. The third-order valence-corrected chi connectivity index (χ3v) is 4.53. The van der Waals surface area contributed by atoms with Crippen molar-refractivity contribution in [1.29, 1.82) is 0 Å². The lowest BCUT2D eigenvalue weighted by Crippen LogP contribution is -2.44. The van der Waals surface area contributed by atoms with E-state index < -0.39 is 0 Å². The Morgan fingerprint density at radius 3 is 2.71 bits per heavy atom. The smallest absolute Gasteiger partial charge is 0.222 e. The van der Waals surface area contributed by atoms with E-state index in [0.717, 1.165) is 43.6 Å². The van der Waals surface area contributed by atoms with Crippen molar-refractivity contribution >= 4 is 18.3 Å². The van der Waals surface area contributed by atoms with Crippen LogP contribution in [0.5, 0.6) is 0 Å². The van der Waals surface area contributed by atoms with E-state index in [0.29, 0.717) is 12.5 Å². The highest BCUT2D eigenvalue weighted by atomic mass is 35.5. The molecule has 6 heteroatoms. The van der Waals surface area contributed by atoms with Crippen LogP contribution in [0, 0.1) is 0 Å². The van der Waals surface area contributed by atoms with Crippen molar-refractivity contribution in [3.05, 3.63) is 48.3 Å². The van der Waals surface area contributed by atoms with E-state index in [-0.39, 0.29) is 18.3 Å². The number of amides is 1. The van der Waals surface area contributed by atoms with Crippen molar-refractivity contribution in [1.82, 2.24) is 20.0 Å². The standard InChI is InChI=1S/C18H24N4O.ClH/c1-21(16-9-11-19-12-10-16)18(23)8-7-15-13-20-22(14-15)17-5-3-2-4-6-17;/h2-6,13-14,16,19H,7-12H2,1H3;1H. The molecule has 0 radical (unpaired) electrons. The maximum Gasteiger partial charge on any atom is 0.222 e. The molecular weight excluding hydrogens is 324 g/mol. The molecule has 1 amide bonds. The Bertz CT molecular complexity index is 637. The highest BCUT2D eigenvalue weighted by molar-refractivity contribution is 5.85. The number of aryl methyl sites for hydroxylation is 1. The van der Waals surface area contributed by atoms with Crippen LogP contribution in [-0.4, -0.2) is 46.8 Å². The number of carbonyl (C=O) groups is 1. The van der Waals surface area contributed by atoms with Crippen molar-refractivity contribution in [3.63, 3.8) is 0 Å². The minimum atomic E-state index is 0. The molecular formula is C18H25ClN4O. The SMILES string of the molecule is CN(C(=O)CCc1cnn(-c2ccccc2)c1)C1CCNCC1.Cl. The van der Waals surface area contributed by atoms with Crippen molar-refractivity contribution in [2.75, 3.05) is 20.1 Å². The Morgan fingerprint density at radius 2 is 2.00 bits per heavy atom. The molecule has 0 bridgehead atoms. The third kappa shape index (κ3) is 4.58. The molecule has 0 unspecified atom stereocenters. The molecule has 1 fully saturated rings. The molecule has 0 spiro atoms. The van der Waals surface area contributed by atoms with E-state index in [1.165, 1.54) is 0 Å². The average molecular weight is 349 g/mol. The Kier molecular flexibility index (Phi) is 6.82. The molecule has 130 valence electrons. The van der Waals surface area contributed by atoms with E-state index in [1.54, 1.807) is 0 Å². The molecule has 3 rings (SSSR count). The quantitative estimate of drug-likeness (QED) is 0.903. The van der Waals surface area contributed by atoms with Gasteiger partial charge in [0.2, 0.25) is 5.91 Å². The van der Waals surface area contributed by atoms with Crippen LogP contribution in [0.2, 0.25) is 0 Å². The lowest BCUT2D eigenvalue weighted by molar-refractivity contribution is -0.132. The maximum atomic E-state index is 12.4. The number of halogens is 1. The van der Waals surface area contributed by atoms with Crippen LogP contribution >= 0.6 is 12.4 Å². The van der Waals surface area contributed by atoms with Gasteiger partial charge in [-0.1, -0.05) is 18.2 Å². The summed E-state index contributed by atoms with van der Waals surface area (Å²) in [5.74, 6) is 0.226. The first kappa shape index (κ1) is 18.5. The highest BCUT2D eigenvalue weighted by Gasteiger charge is 2.21.